The summed E-state index contributed by atoms with van der Waals surface area (Å²) in [7, 11) is 0. The Bertz CT molecular complexity index is 609. The molecular formula is C13H13F3N4O2. The summed E-state index contributed by atoms with van der Waals surface area (Å²) in [6.45, 7) is 1.18. The van der Waals surface area contributed by atoms with Crippen LogP contribution < -0.4 is 15.5 Å². The zero-order chi connectivity index (χ0) is 16.0. The average molecular weight is 314 g/mol. The van der Waals surface area contributed by atoms with Gasteiger partial charge in [0.05, 0.1) is 11.9 Å². The normalized spacial score (nSPS) is 21.3. The largest absolute Gasteiger partial charge is 0.433 e. The Morgan fingerprint density at radius 1 is 1.18 bits per heavy atom. The maximum Gasteiger partial charge on any atom is 0.433 e. The van der Waals surface area contributed by atoms with Gasteiger partial charge >= 0.3 is 12.2 Å². The Labute approximate surface area is 123 Å². The van der Waals surface area contributed by atoms with E-state index in [1.807, 2.05) is 0 Å². The summed E-state index contributed by atoms with van der Waals surface area (Å²) in [6, 6.07) is 1.20. The Morgan fingerprint density at radius 3 is 2.41 bits per heavy atom. The third kappa shape index (κ3) is 2.31. The van der Waals surface area contributed by atoms with Gasteiger partial charge in [0.15, 0.2) is 0 Å². The molecule has 1 aromatic rings. The Kier molecular flexibility index (Phi) is 3.32. The number of nitrogens with zero attached hydrogens (tertiary/aromatic N) is 2. The van der Waals surface area contributed by atoms with Crippen molar-refractivity contribution in [3.05, 3.63) is 24.0 Å². The number of hydrogen-bond donors (Lipinski definition) is 2. The maximum absolute atomic E-state index is 12.5. The van der Waals surface area contributed by atoms with E-state index < -0.39 is 29.3 Å². The van der Waals surface area contributed by atoms with Crippen LogP contribution in [0.2, 0.25) is 0 Å². The number of nitrogens with one attached hydrogen (secondary N) is 2. The lowest BCUT2D eigenvalue weighted by atomic mass is 9.88. The maximum atomic E-state index is 12.5. The minimum atomic E-state index is -4.56. The molecule has 3 rings (SSSR count). The van der Waals surface area contributed by atoms with Crippen LogP contribution in [0.15, 0.2) is 18.3 Å². The zero-order valence-electron chi connectivity index (χ0n) is 11.4. The van der Waals surface area contributed by atoms with E-state index in [-0.39, 0.29) is 5.69 Å². The van der Waals surface area contributed by atoms with Gasteiger partial charge in [-0.3, -0.25) is 4.79 Å². The van der Waals surface area contributed by atoms with Crippen molar-refractivity contribution in [2.24, 2.45) is 0 Å². The molecule has 3 heterocycles. The first-order valence-electron chi connectivity index (χ1n) is 6.74. The predicted octanol–water partition coefficient (Wildman–Crippen LogP) is 1.28. The number of hydrogen-bond acceptors (Lipinski definition) is 4. The van der Waals surface area contributed by atoms with E-state index in [1.54, 1.807) is 0 Å². The number of alkyl halides is 3. The summed E-state index contributed by atoms with van der Waals surface area (Å²) in [6.07, 6.45) is -2.78. The molecule has 2 aliphatic heterocycles. The van der Waals surface area contributed by atoms with E-state index in [1.165, 1.54) is 0 Å². The van der Waals surface area contributed by atoms with Crippen LogP contribution in [0.1, 0.15) is 18.5 Å². The molecule has 3 amide bonds. The number of imide groups is 1. The molecule has 9 heteroatoms. The number of rotatable bonds is 1. The topological polar surface area (TPSA) is 74.3 Å². The molecule has 1 spiro atoms. The van der Waals surface area contributed by atoms with Gasteiger partial charge in [-0.1, -0.05) is 0 Å². The number of carbonyl (C=O) groups is 2. The second-order valence-electron chi connectivity index (χ2n) is 5.30. The summed E-state index contributed by atoms with van der Waals surface area (Å²) in [5, 5.41) is 5.75. The van der Waals surface area contributed by atoms with Crippen molar-refractivity contribution in [2.45, 2.75) is 24.6 Å². The molecule has 0 atom stereocenters. The highest BCUT2D eigenvalue weighted by Gasteiger charge is 2.52. The molecule has 0 unspecified atom stereocenters. The molecule has 0 radical (unpaired) electrons. The molecule has 0 aromatic carbocycles. The number of urea groups is 1. The van der Waals surface area contributed by atoms with Gasteiger partial charge in [-0.05, 0) is 38.1 Å². The van der Waals surface area contributed by atoms with Crippen LogP contribution in [0, 0.1) is 0 Å². The number of halogens is 3. The number of amides is 3. The summed E-state index contributed by atoms with van der Waals surface area (Å²) < 4.78 is 37.5. The van der Waals surface area contributed by atoms with Gasteiger partial charge in [0.25, 0.3) is 5.91 Å². The van der Waals surface area contributed by atoms with E-state index in [0.29, 0.717) is 25.9 Å². The van der Waals surface area contributed by atoms with E-state index in [9.17, 15) is 22.8 Å². The van der Waals surface area contributed by atoms with E-state index in [2.05, 4.69) is 15.6 Å². The third-order valence-electron chi connectivity index (χ3n) is 3.92. The Balaban J connectivity index is 1.88. The standard InChI is InChI=1S/C13H13F3N4O2/c14-13(15,16)9-2-1-8(7-18-9)20-10(21)12(19-11(20)22)3-5-17-6-4-12/h1-2,7,17H,3-6H2,(H,19,22). The number of piperidine rings is 1. The predicted molar refractivity (Wildman–Crippen MR) is 70.1 cm³/mol. The average Bonchev–Trinajstić information content (AvgIpc) is 2.70. The van der Waals surface area contributed by atoms with Crippen LogP contribution in [0.5, 0.6) is 0 Å². The molecule has 1 aromatic heterocycles. The van der Waals surface area contributed by atoms with E-state index in [0.717, 1.165) is 23.2 Å². The molecule has 2 fully saturated rings. The van der Waals surface area contributed by atoms with Gasteiger partial charge < -0.3 is 10.6 Å². The summed E-state index contributed by atoms with van der Waals surface area (Å²) in [4.78, 5) is 28.7. The molecule has 0 bridgehead atoms. The molecule has 2 N–H and O–H groups in total. The smallest absolute Gasteiger partial charge is 0.323 e. The molecule has 0 aliphatic carbocycles. The fourth-order valence-electron chi connectivity index (χ4n) is 2.73. The number of pyridine rings is 1. The molecule has 6 nitrogen and oxygen atoms in total. The van der Waals surface area contributed by atoms with Crippen molar-refractivity contribution in [1.82, 2.24) is 15.6 Å². The summed E-state index contributed by atoms with van der Waals surface area (Å²) in [5.74, 6) is -0.444. The van der Waals surface area contributed by atoms with Crippen molar-refractivity contribution in [3.8, 4) is 0 Å². The number of carbonyl (C=O) groups excluding carboxylic acids is 2. The van der Waals surface area contributed by atoms with Gasteiger partial charge in [0.2, 0.25) is 0 Å². The highest BCUT2D eigenvalue weighted by Crippen LogP contribution is 2.32. The SMILES string of the molecule is O=C1NC2(CCNCC2)C(=O)N1c1ccc(C(F)(F)F)nc1. The molecule has 2 saturated heterocycles. The first kappa shape index (κ1) is 14.8. The lowest BCUT2D eigenvalue weighted by Crippen LogP contribution is -2.53. The van der Waals surface area contributed by atoms with Crippen LogP contribution in [0.4, 0.5) is 23.7 Å². The van der Waals surface area contributed by atoms with Crippen LogP contribution in [0.25, 0.3) is 0 Å². The van der Waals surface area contributed by atoms with Gasteiger partial charge in [-0.25, -0.2) is 14.7 Å². The van der Waals surface area contributed by atoms with Crippen LogP contribution in [-0.2, 0) is 11.0 Å². The van der Waals surface area contributed by atoms with E-state index in [4.69, 9.17) is 0 Å². The first-order valence-corrected chi connectivity index (χ1v) is 6.74. The van der Waals surface area contributed by atoms with Crippen molar-refractivity contribution in [2.75, 3.05) is 18.0 Å². The van der Waals surface area contributed by atoms with Crippen LogP contribution in [0.3, 0.4) is 0 Å². The number of aromatic nitrogens is 1. The Hall–Kier alpha value is -2.16. The summed E-state index contributed by atoms with van der Waals surface area (Å²) in [5.41, 5.74) is -2.00. The van der Waals surface area contributed by atoms with Crippen molar-refractivity contribution < 1.29 is 22.8 Å². The highest BCUT2D eigenvalue weighted by atomic mass is 19.4. The fourth-order valence-corrected chi connectivity index (χ4v) is 2.73. The molecule has 0 saturated carbocycles. The molecule has 22 heavy (non-hydrogen) atoms. The van der Waals surface area contributed by atoms with Crippen molar-refractivity contribution in [3.63, 3.8) is 0 Å². The monoisotopic (exact) mass is 314 g/mol. The zero-order valence-corrected chi connectivity index (χ0v) is 11.4. The quantitative estimate of drug-likeness (QED) is 0.766. The second kappa shape index (κ2) is 4.94. The minimum Gasteiger partial charge on any atom is -0.323 e. The second-order valence-corrected chi connectivity index (χ2v) is 5.30. The minimum absolute atomic E-state index is 0.0332. The molecule has 2 aliphatic rings. The third-order valence-corrected chi connectivity index (χ3v) is 3.92. The van der Waals surface area contributed by atoms with Crippen molar-refractivity contribution >= 4 is 17.6 Å². The summed E-state index contributed by atoms with van der Waals surface area (Å²) >= 11 is 0. The van der Waals surface area contributed by atoms with E-state index >= 15 is 0 Å². The fraction of sp³-hybridized carbons (Fsp3) is 0.462. The Morgan fingerprint density at radius 2 is 1.86 bits per heavy atom. The highest BCUT2D eigenvalue weighted by molar-refractivity contribution is 6.23. The van der Waals surface area contributed by atoms with Gasteiger partial charge in [0.1, 0.15) is 11.2 Å². The lowest BCUT2D eigenvalue weighted by molar-refractivity contribution is -0.141. The molecular weight excluding hydrogens is 301 g/mol. The van der Waals surface area contributed by atoms with Crippen LogP contribution in [-0.4, -0.2) is 35.6 Å². The first-order chi connectivity index (χ1) is 10.3. The van der Waals surface area contributed by atoms with Gasteiger partial charge in [0, 0.05) is 0 Å². The number of anilines is 1. The van der Waals surface area contributed by atoms with Gasteiger partial charge in [-0.15, -0.1) is 0 Å². The van der Waals surface area contributed by atoms with Gasteiger partial charge in [-0.2, -0.15) is 13.2 Å². The lowest BCUT2D eigenvalue weighted by Gasteiger charge is -2.31. The molecule has 118 valence electrons. The van der Waals surface area contributed by atoms with Crippen molar-refractivity contribution in [1.29, 1.82) is 0 Å². The van der Waals surface area contributed by atoms with Crippen LogP contribution >= 0.6 is 0 Å².